The maximum absolute atomic E-state index is 2.43. The second kappa shape index (κ2) is 4.10. The van der Waals surface area contributed by atoms with Crippen LogP contribution in [0.25, 0.3) is 0 Å². The summed E-state index contributed by atoms with van der Waals surface area (Å²) < 4.78 is 0. The lowest BCUT2D eigenvalue weighted by Gasteiger charge is -2.14. The van der Waals surface area contributed by atoms with E-state index in [1.807, 2.05) is 0 Å². The highest BCUT2D eigenvalue weighted by atomic mass is 28.3. The molecule has 0 atom stereocenters. The molecule has 9 heavy (non-hydrogen) atoms. The summed E-state index contributed by atoms with van der Waals surface area (Å²) in [6, 6.07) is 1.46. The Balaban J connectivity index is 3.07. The van der Waals surface area contributed by atoms with Crippen molar-refractivity contribution >= 4 is 8.07 Å². The van der Waals surface area contributed by atoms with Gasteiger partial charge in [0.2, 0.25) is 0 Å². The summed E-state index contributed by atoms with van der Waals surface area (Å²) in [6.07, 6.45) is 4.97. The third-order valence-corrected chi connectivity index (χ3v) is 3.18. The summed E-state index contributed by atoms with van der Waals surface area (Å²) in [5.74, 6) is 0. The molecule has 0 aliphatic carbocycles. The van der Waals surface area contributed by atoms with E-state index in [0.717, 1.165) is 0 Å². The van der Waals surface area contributed by atoms with E-state index >= 15 is 0 Å². The molecule has 0 saturated carbocycles. The Hall–Kier alpha value is 0.217. The van der Waals surface area contributed by atoms with E-state index in [2.05, 4.69) is 33.0 Å². The molecule has 0 aliphatic heterocycles. The van der Waals surface area contributed by atoms with E-state index in [4.69, 9.17) is 0 Å². The Kier molecular flexibility index (Phi) is 4.20. The van der Waals surface area contributed by atoms with Gasteiger partial charge in [0.15, 0.2) is 0 Å². The van der Waals surface area contributed by atoms with Gasteiger partial charge in [-0.05, 0) is 6.42 Å². The Labute approximate surface area is 60.7 Å². The van der Waals surface area contributed by atoms with E-state index in [0.29, 0.717) is 0 Å². The first kappa shape index (κ1) is 9.22. The lowest BCUT2D eigenvalue weighted by molar-refractivity contribution is 0.954. The second-order valence-electron chi connectivity index (χ2n) is 3.80. The molecule has 1 radical (unpaired) electrons. The van der Waals surface area contributed by atoms with Gasteiger partial charge in [0, 0.05) is 8.07 Å². The molecule has 0 nitrogen and oxygen atoms in total. The van der Waals surface area contributed by atoms with E-state index in [1.54, 1.807) is 0 Å². The fourth-order valence-corrected chi connectivity index (χ4v) is 1.81. The SMILES string of the molecule is CC[CH]CC[Si](C)(C)C. The Morgan fingerprint density at radius 2 is 1.78 bits per heavy atom. The molecule has 0 amide bonds. The zero-order valence-electron chi connectivity index (χ0n) is 7.20. The molecule has 0 aromatic carbocycles. The van der Waals surface area contributed by atoms with Gasteiger partial charge < -0.3 is 0 Å². The van der Waals surface area contributed by atoms with Crippen LogP contribution in [-0.2, 0) is 0 Å². The molecule has 0 saturated heterocycles. The lowest BCUT2D eigenvalue weighted by atomic mass is 10.3. The Morgan fingerprint density at radius 3 is 2.11 bits per heavy atom. The molecule has 0 aliphatic rings. The van der Waals surface area contributed by atoms with Gasteiger partial charge in [-0.3, -0.25) is 0 Å². The zero-order chi connectivity index (χ0) is 7.33. The van der Waals surface area contributed by atoms with Crippen LogP contribution in [0.3, 0.4) is 0 Å². The quantitative estimate of drug-likeness (QED) is 0.418. The molecule has 0 heterocycles. The highest BCUT2D eigenvalue weighted by Crippen LogP contribution is 2.12. The molecule has 0 rings (SSSR count). The average molecular weight is 143 g/mol. The number of hydrogen-bond donors (Lipinski definition) is 0. The van der Waals surface area contributed by atoms with Crippen LogP contribution in [0.1, 0.15) is 19.8 Å². The van der Waals surface area contributed by atoms with Crippen LogP contribution < -0.4 is 0 Å². The van der Waals surface area contributed by atoms with Crippen molar-refractivity contribution in [2.45, 2.75) is 45.5 Å². The van der Waals surface area contributed by atoms with Gasteiger partial charge in [-0.15, -0.1) is 0 Å². The minimum absolute atomic E-state index is 0.726. The van der Waals surface area contributed by atoms with E-state index in [1.165, 1.54) is 18.9 Å². The van der Waals surface area contributed by atoms with Crippen molar-refractivity contribution < 1.29 is 0 Å². The minimum atomic E-state index is -0.726. The highest BCUT2D eigenvalue weighted by molar-refractivity contribution is 6.76. The number of hydrogen-bond acceptors (Lipinski definition) is 0. The smallest absolute Gasteiger partial charge is 0.0442 e. The van der Waals surface area contributed by atoms with Crippen LogP contribution in [0.15, 0.2) is 0 Å². The molecular formula is C8H19Si. The van der Waals surface area contributed by atoms with Crippen LogP contribution in [-0.4, -0.2) is 8.07 Å². The summed E-state index contributed by atoms with van der Waals surface area (Å²) >= 11 is 0. The molecular weight excluding hydrogens is 124 g/mol. The fourth-order valence-electron chi connectivity index (χ4n) is 0.739. The molecule has 0 aromatic rings. The molecule has 0 spiro atoms. The maximum atomic E-state index is 2.43. The molecule has 1 heteroatoms. The predicted octanol–water partition coefficient (Wildman–Crippen LogP) is 3.33. The Bertz CT molecular complexity index is 61.5. The average Bonchev–Trinajstić information content (AvgIpc) is 1.63. The van der Waals surface area contributed by atoms with Crippen LogP contribution in [0.5, 0.6) is 0 Å². The van der Waals surface area contributed by atoms with Gasteiger partial charge in [-0.2, -0.15) is 0 Å². The molecule has 0 N–H and O–H groups in total. The summed E-state index contributed by atoms with van der Waals surface area (Å²) in [4.78, 5) is 0. The van der Waals surface area contributed by atoms with E-state index in [-0.39, 0.29) is 0 Å². The third-order valence-electron chi connectivity index (χ3n) is 1.39. The Morgan fingerprint density at radius 1 is 1.22 bits per heavy atom. The largest absolute Gasteiger partial charge is 0.0695 e. The van der Waals surface area contributed by atoms with Crippen LogP contribution in [0, 0.1) is 6.42 Å². The summed E-state index contributed by atoms with van der Waals surface area (Å²) in [5.41, 5.74) is 0. The van der Waals surface area contributed by atoms with Crippen molar-refractivity contribution in [3.05, 3.63) is 6.42 Å². The first-order valence-corrected chi connectivity index (χ1v) is 7.58. The van der Waals surface area contributed by atoms with Crippen molar-refractivity contribution in [1.82, 2.24) is 0 Å². The summed E-state index contributed by atoms with van der Waals surface area (Å²) in [6.45, 7) is 9.49. The topological polar surface area (TPSA) is 0 Å². The van der Waals surface area contributed by atoms with E-state index in [9.17, 15) is 0 Å². The second-order valence-corrected chi connectivity index (χ2v) is 9.42. The van der Waals surface area contributed by atoms with Crippen molar-refractivity contribution in [3.63, 3.8) is 0 Å². The standard InChI is InChI=1S/C8H19Si/c1-5-6-7-8-9(2,3)4/h6H,5,7-8H2,1-4H3. The maximum Gasteiger partial charge on any atom is 0.0442 e. The molecule has 0 bridgehead atoms. The van der Waals surface area contributed by atoms with Crippen LogP contribution >= 0.6 is 0 Å². The minimum Gasteiger partial charge on any atom is -0.0695 e. The first-order valence-electron chi connectivity index (χ1n) is 3.88. The molecule has 0 unspecified atom stereocenters. The lowest BCUT2D eigenvalue weighted by Crippen LogP contribution is -2.18. The van der Waals surface area contributed by atoms with Crippen molar-refractivity contribution in [3.8, 4) is 0 Å². The van der Waals surface area contributed by atoms with Gasteiger partial charge in [-0.25, -0.2) is 0 Å². The molecule has 0 fully saturated rings. The van der Waals surface area contributed by atoms with Crippen molar-refractivity contribution in [1.29, 1.82) is 0 Å². The van der Waals surface area contributed by atoms with Gasteiger partial charge in [0.05, 0.1) is 0 Å². The number of rotatable bonds is 4. The monoisotopic (exact) mass is 143 g/mol. The van der Waals surface area contributed by atoms with Crippen molar-refractivity contribution in [2.75, 3.05) is 0 Å². The van der Waals surface area contributed by atoms with E-state index < -0.39 is 8.07 Å². The van der Waals surface area contributed by atoms with Gasteiger partial charge >= 0.3 is 0 Å². The molecule has 55 valence electrons. The van der Waals surface area contributed by atoms with Crippen LogP contribution in [0.4, 0.5) is 0 Å². The number of unbranched alkanes of at least 4 members (excludes halogenated alkanes) is 2. The third kappa shape index (κ3) is 8.22. The summed E-state index contributed by atoms with van der Waals surface area (Å²) in [5, 5.41) is 0. The predicted molar refractivity (Wildman–Crippen MR) is 47.4 cm³/mol. The first-order chi connectivity index (χ1) is 4.06. The molecule has 0 aromatic heterocycles. The van der Waals surface area contributed by atoms with Gasteiger partial charge in [0.25, 0.3) is 0 Å². The van der Waals surface area contributed by atoms with Gasteiger partial charge in [-0.1, -0.05) is 45.5 Å². The summed E-state index contributed by atoms with van der Waals surface area (Å²) in [7, 11) is -0.726. The zero-order valence-corrected chi connectivity index (χ0v) is 8.20. The van der Waals surface area contributed by atoms with Gasteiger partial charge in [0.1, 0.15) is 0 Å². The fraction of sp³-hybridized carbons (Fsp3) is 0.875. The van der Waals surface area contributed by atoms with Crippen molar-refractivity contribution in [2.24, 2.45) is 0 Å². The highest BCUT2D eigenvalue weighted by Gasteiger charge is 2.10. The van der Waals surface area contributed by atoms with Crippen LogP contribution in [0.2, 0.25) is 25.7 Å². The normalized spacial score (nSPS) is 12.0.